The minimum atomic E-state index is -0.783. The Labute approximate surface area is 167 Å². The second-order valence-electron chi connectivity index (χ2n) is 7.12. The Morgan fingerprint density at radius 1 is 1.07 bits per heavy atom. The van der Waals surface area contributed by atoms with Gasteiger partial charge in [0.1, 0.15) is 5.57 Å². The van der Waals surface area contributed by atoms with Gasteiger partial charge in [0.25, 0.3) is 11.8 Å². The van der Waals surface area contributed by atoms with E-state index in [1.807, 2.05) is 18.5 Å². The molecule has 0 spiro atoms. The van der Waals surface area contributed by atoms with Gasteiger partial charge < -0.3 is 4.57 Å². The number of anilines is 1. The van der Waals surface area contributed by atoms with E-state index >= 15 is 0 Å². The first-order chi connectivity index (χ1) is 13.5. The van der Waals surface area contributed by atoms with Crippen molar-refractivity contribution in [1.29, 1.82) is 0 Å². The third-order valence-electron chi connectivity index (χ3n) is 5.21. The zero-order valence-corrected chi connectivity index (χ0v) is 16.0. The van der Waals surface area contributed by atoms with Gasteiger partial charge in [-0.2, -0.15) is 0 Å². The van der Waals surface area contributed by atoms with E-state index in [1.54, 1.807) is 18.2 Å². The largest absolute Gasteiger partial charge is 0.351 e. The van der Waals surface area contributed by atoms with Crippen LogP contribution in [0.5, 0.6) is 0 Å². The van der Waals surface area contributed by atoms with Crippen LogP contribution in [0.4, 0.5) is 10.5 Å². The summed E-state index contributed by atoms with van der Waals surface area (Å²) in [6.07, 6.45) is 11.4. The number of carbonyl (C=O) groups excluding carboxylic acids is 3. The minimum absolute atomic E-state index is 0.0824. The lowest BCUT2D eigenvalue weighted by molar-refractivity contribution is -0.122. The molecule has 28 heavy (non-hydrogen) atoms. The predicted octanol–water partition coefficient (Wildman–Crippen LogP) is 4.31. The Morgan fingerprint density at radius 3 is 2.61 bits per heavy atom. The second-order valence-corrected chi connectivity index (χ2v) is 7.56. The zero-order chi connectivity index (χ0) is 19.7. The lowest BCUT2D eigenvalue weighted by atomic mass is 9.95. The highest BCUT2D eigenvalue weighted by atomic mass is 35.5. The van der Waals surface area contributed by atoms with E-state index in [4.69, 9.17) is 11.6 Å². The van der Waals surface area contributed by atoms with E-state index in [0.717, 1.165) is 23.3 Å². The molecule has 4 amide bonds. The fraction of sp³-hybridized carbons (Fsp3) is 0.286. The van der Waals surface area contributed by atoms with Crippen molar-refractivity contribution in [1.82, 2.24) is 9.88 Å². The third-order valence-corrected chi connectivity index (χ3v) is 5.45. The van der Waals surface area contributed by atoms with Gasteiger partial charge in [-0.15, -0.1) is 0 Å². The van der Waals surface area contributed by atoms with Crippen molar-refractivity contribution in [2.75, 3.05) is 4.90 Å². The van der Waals surface area contributed by atoms with Crippen LogP contribution in [0.2, 0.25) is 5.02 Å². The maximum Gasteiger partial charge on any atom is 0.335 e. The van der Waals surface area contributed by atoms with Crippen LogP contribution in [-0.2, 0) is 9.59 Å². The highest BCUT2D eigenvalue weighted by molar-refractivity contribution is 6.39. The number of hydrogen-bond donors (Lipinski definition) is 1. The first-order valence-electron chi connectivity index (χ1n) is 9.37. The average Bonchev–Trinajstić information content (AvgIpc) is 3.14. The summed E-state index contributed by atoms with van der Waals surface area (Å²) in [7, 11) is 0. The fourth-order valence-electron chi connectivity index (χ4n) is 3.80. The molecule has 0 bridgehead atoms. The normalized spacial score (nSPS) is 20.0. The molecule has 1 aromatic carbocycles. The summed E-state index contributed by atoms with van der Waals surface area (Å²) < 4.78 is 2.15. The molecule has 2 aliphatic rings. The summed E-state index contributed by atoms with van der Waals surface area (Å²) in [4.78, 5) is 38.4. The smallest absolute Gasteiger partial charge is 0.335 e. The Bertz CT molecular complexity index is 973. The number of halogens is 1. The molecule has 0 radical (unpaired) electrons. The van der Waals surface area contributed by atoms with Gasteiger partial charge in [-0.1, -0.05) is 36.9 Å². The average molecular weight is 398 g/mol. The van der Waals surface area contributed by atoms with Gasteiger partial charge in [-0.25, -0.2) is 9.69 Å². The number of nitrogens with one attached hydrogen (secondary N) is 1. The number of nitrogens with zero attached hydrogens (tertiary/aromatic N) is 2. The highest BCUT2D eigenvalue weighted by Crippen LogP contribution is 2.29. The van der Waals surface area contributed by atoms with Gasteiger partial charge in [-0.05, 0) is 48.7 Å². The molecule has 2 fully saturated rings. The number of aromatic nitrogens is 1. The molecule has 144 valence electrons. The molecule has 0 unspecified atom stereocenters. The van der Waals surface area contributed by atoms with E-state index in [0.29, 0.717) is 16.8 Å². The van der Waals surface area contributed by atoms with Crippen molar-refractivity contribution in [2.45, 2.75) is 38.1 Å². The van der Waals surface area contributed by atoms with Gasteiger partial charge in [0.05, 0.1) is 5.69 Å². The van der Waals surface area contributed by atoms with E-state index < -0.39 is 17.8 Å². The Morgan fingerprint density at radius 2 is 1.86 bits per heavy atom. The maximum atomic E-state index is 12.9. The van der Waals surface area contributed by atoms with Gasteiger partial charge in [0.2, 0.25) is 0 Å². The van der Waals surface area contributed by atoms with Crippen LogP contribution in [0.25, 0.3) is 6.08 Å². The number of barbiturate groups is 1. The van der Waals surface area contributed by atoms with Crippen LogP contribution in [0.3, 0.4) is 0 Å². The fourth-order valence-corrected chi connectivity index (χ4v) is 3.98. The molecular formula is C21H20ClN3O3. The molecule has 1 N–H and O–H groups in total. The van der Waals surface area contributed by atoms with Crippen molar-refractivity contribution in [3.63, 3.8) is 0 Å². The molecule has 6 nitrogen and oxygen atoms in total. The molecule has 7 heteroatoms. The van der Waals surface area contributed by atoms with Gasteiger partial charge in [0, 0.05) is 23.5 Å². The zero-order valence-electron chi connectivity index (χ0n) is 15.2. The number of imide groups is 2. The van der Waals surface area contributed by atoms with Gasteiger partial charge in [0.15, 0.2) is 0 Å². The predicted molar refractivity (Wildman–Crippen MR) is 107 cm³/mol. The number of amides is 4. The van der Waals surface area contributed by atoms with E-state index in [2.05, 4.69) is 9.88 Å². The molecule has 2 heterocycles. The lowest BCUT2D eigenvalue weighted by Crippen LogP contribution is -2.54. The van der Waals surface area contributed by atoms with E-state index in [9.17, 15) is 14.4 Å². The molecule has 1 saturated carbocycles. The summed E-state index contributed by atoms with van der Waals surface area (Å²) in [6, 6.07) is 7.94. The first kappa shape index (κ1) is 18.5. The Hall–Kier alpha value is -2.86. The standard InChI is InChI=1S/C21H20ClN3O3/c22-15-5-4-8-17(12-15)25-20(27)18(19(26)23-21(25)28)11-14-9-10-24(13-14)16-6-2-1-3-7-16/h4-5,8-13,16H,1-3,6-7H2,(H,23,26,28)/b18-11-. The molecule has 1 saturated heterocycles. The van der Waals surface area contributed by atoms with E-state index in [1.165, 1.54) is 31.4 Å². The van der Waals surface area contributed by atoms with Crippen molar-refractivity contribution in [2.24, 2.45) is 0 Å². The Balaban J connectivity index is 1.63. The van der Waals surface area contributed by atoms with Crippen molar-refractivity contribution in [3.05, 3.63) is 58.9 Å². The topological polar surface area (TPSA) is 71.4 Å². The number of carbonyl (C=O) groups is 3. The number of benzene rings is 1. The quantitative estimate of drug-likeness (QED) is 0.619. The SMILES string of the molecule is O=C1NC(=O)N(c2cccc(Cl)c2)C(=O)/C1=C\c1ccn(C2CCCCC2)c1. The van der Waals surface area contributed by atoms with Gasteiger partial charge >= 0.3 is 6.03 Å². The second kappa shape index (κ2) is 7.64. The molecule has 2 aromatic rings. The first-order valence-corrected chi connectivity index (χ1v) is 9.75. The van der Waals surface area contributed by atoms with Crippen molar-refractivity contribution < 1.29 is 14.4 Å². The van der Waals surface area contributed by atoms with Crippen LogP contribution < -0.4 is 10.2 Å². The summed E-state index contributed by atoms with van der Waals surface area (Å²) in [5.41, 5.74) is 0.985. The minimum Gasteiger partial charge on any atom is -0.351 e. The monoisotopic (exact) mass is 397 g/mol. The Kier molecular flexibility index (Phi) is 5.05. The molecule has 4 rings (SSSR count). The summed E-state index contributed by atoms with van der Waals surface area (Å²) >= 11 is 5.98. The van der Waals surface area contributed by atoms with Gasteiger partial charge in [-0.3, -0.25) is 14.9 Å². The third kappa shape index (κ3) is 3.60. The summed E-state index contributed by atoms with van der Waals surface area (Å²) in [6.45, 7) is 0. The number of urea groups is 1. The van der Waals surface area contributed by atoms with Crippen LogP contribution >= 0.6 is 11.6 Å². The lowest BCUT2D eigenvalue weighted by Gasteiger charge is -2.26. The maximum absolute atomic E-state index is 12.9. The van der Waals surface area contributed by atoms with E-state index in [-0.39, 0.29) is 5.57 Å². The van der Waals surface area contributed by atoms with Crippen LogP contribution in [0.15, 0.2) is 48.3 Å². The molecule has 1 aliphatic carbocycles. The summed E-state index contributed by atoms with van der Waals surface area (Å²) in [5, 5.41) is 2.62. The molecule has 0 atom stereocenters. The van der Waals surface area contributed by atoms with Crippen molar-refractivity contribution >= 4 is 41.2 Å². The van der Waals surface area contributed by atoms with Crippen LogP contribution in [0.1, 0.15) is 43.7 Å². The molecule has 1 aromatic heterocycles. The summed E-state index contributed by atoms with van der Waals surface area (Å²) in [5.74, 6) is -1.36. The van der Waals surface area contributed by atoms with Crippen molar-refractivity contribution in [3.8, 4) is 0 Å². The number of rotatable bonds is 3. The van der Waals surface area contributed by atoms with Crippen LogP contribution in [-0.4, -0.2) is 22.4 Å². The number of hydrogen-bond acceptors (Lipinski definition) is 3. The highest BCUT2D eigenvalue weighted by Gasteiger charge is 2.36. The molecular weight excluding hydrogens is 378 g/mol. The molecule has 1 aliphatic heterocycles. The van der Waals surface area contributed by atoms with Crippen LogP contribution in [0, 0.1) is 0 Å².